The minimum absolute atomic E-state index is 0.0198. The fourth-order valence-electron chi connectivity index (χ4n) is 4.17. The van der Waals surface area contributed by atoms with Gasteiger partial charge in [0.05, 0.1) is 12.9 Å². The van der Waals surface area contributed by atoms with Crippen LogP contribution in [-0.4, -0.2) is 35.7 Å². The van der Waals surface area contributed by atoms with Gasteiger partial charge in [0.2, 0.25) is 5.91 Å². The fourth-order valence-corrected chi connectivity index (χ4v) is 4.17. The van der Waals surface area contributed by atoms with Crippen LogP contribution in [0.3, 0.4) is 0 Å². The van der Waals surface area contributed by atoms with E-state index in [0.717, 1.165) is 40.8 Å². The van der Waals surface area contributed by atoms with Crippen molar-refractivity contribution in [1.82, 2.24) is 4.57 Å². The molecule has 1 fully saturated rings. The number of carbonyl (C=O) groups excluding carboxylic acids is 1. The number of rotatable bonds is 5. The highest BCUT2D eigenvalue weighted by molar-refractivity contribution is 6.09. The van der Waals surface area contributed by atoms with Gasteiger partial charge in [-0.15, -0.1) is 0 Å². The van der Waals surface area contributed by atoms with E-state index in [9.17, 15) is 14.7 Å². The van der Waals surface area contributed by atoms with Crippen LogP contribution >= 0.6 is 0 Å². The lowest BCUT2D eigenvalue weighted by atomic mass is 9.86. The van der Waals surface area contributed by atoms with Crippen LogP contribution in [-0.2, 0) is 22.0 Å². The monoisotopic (exact) mass is 560 g/mol. The number of amides is 1. The quantitative estimate of drug-likeness (QED) is 0.250. The van der Waals surface area contributed by atoms with Gasteiger partial charge < -0.3 is 19.3 Å². The van der Waals surface area contributed by atoms with Crippen LogP contribution in [0.4, 0.5) is 5.69 Å². The van der Waals surface area contributed by atoms with Crippen molar-refractivity contribution in [3.05, 3.63) is 77.2 Å². The summed E-state index contributed by atoms with van der Waals surface area (Å²) in [4.78, 5) is 26.4. The number of allylic oxidation sites excluding steroid dienone is 4. The Balaban J connectivity index is 0.000000456. The lowest BCUT2D eigenvalue weighted by molar-refractivity contribution is -0.119. The van der Waals surface area contributed by atoms with Gasteiger partial charge in [0.1, 0.15) is 5.69 Å². The fraction of sp³-hybridized carbons (Fsp3) is 0.429. The van der Waals surface area contributed by atoms with Crippen LogP contribution in [0, 0.1) is 5.92 Å². The second-order valence-electron chi connectivity index (χ2n) is 11.8. The Morgan fingerprint density at radius 3 is 1.95 bits per heavy atom. The van der Waals surface area contributed by atoms with Gasteiger partial charge in [-0.1, -0.05) is 62.8 Å². The zero-order valence-electron chi connectivity index (χ0n) is 26.8. The highest BCUT2D eigenvalue weighted by atomic mass is 16.5. The van der Waals surface area contributed by atoms with Gasteiger partial charge >= 0.3 is 5.97 Å². The number of nitrogens with zero attached hydrogens (tertiary/aromatic N) is 2. The van der Waals surface area contributed by atoms with Crippen molar-refractivity contribution < 1.29 is 19.4 Å². The van der Waals surface area contributed by atoms with Gasteiger partial charge in [-0.25, -0.2) is 4.79 Å². The summed E-state index contributed by atoms with van der Waals surface area (Å²) in [6.07, 6.45) is 5.90. The molecule has 0 saturated heterocycles. The zero-order valence-corrected chi connectivity index (χ0v) is 26.8. The molecule has 6 heteroatoms. The molecule has 1 aliphatic rings. The van der Waals surface area contributed by atoms with E-state index in [4.69, 9.17) is 4.74 Å². The second kappa shape index (κ2) is 14.2. The Morgan fingerprint density at radius 1 is 1.00 bits per heavy atom. The minimum Gasteiger partial charge on any atom is -0.502 e. The van der Waals surface area contributed by atoms with Crippen LogP contribution in [0.2, 0.25) is 0 Å². The molecule has 0 atom stereocenters. The lowest BCUT2D eigenvalue weighted by Gasteiger charge is -2.19. The normalized spacial score (nSPS) is 12.9. The first-order valence-electron chi connectivity index (χ1n) is 14.2. The molecule has 0 unspecified atom stereocenters. The first kappa shape index (κ1) is 33.4. The molecule has 2 aromatic carbocycles. The Labute approximate surface area is 246 Å². The number of methoxy groups -OCH3 is 1. The zero-order chi connectivity index (χ0) is 31.1. The standard InChI is InChI=1S/C25H28N2O3.C5H10O.C5H10/c1-25(2,3)17-10-8-15(9-11-17)21-19-14-18(26(4)23(28)16-6-7-16)12-13-20(19)27(5)22(21)24(29)30;1-4-5(2)6-3;1-4-5(2)3/h8-14,16H,6-7H2,1-5H3,(H,29,30);4H,1-3H3;4H,1-3H3/b;5-4+;. The molecule has 1 N–H and O–H groups in total. The summed E-state index contributed by atoms with van der Waals surface area (Å²) in [6, 6.07) is 13.8. The molecule has 1 aliphatic carbocycles. The molecular formula is C35H48N2O4. The first-order valence-corrected chi connectivity index (χ1v) is 14.2. The summed E-state index contributed by atoms with van der Waals surface area (Å²) in [7, 11) is 5.23. The highest BCUT2D eigenvalue weighted by Gasteiger charge is 2.33. The van der Waals surface area contributed by atoms with Crippen molar-refractivity contribution in [2.24, 2.45) is 13.0 Å². The summed E-state index contributed by atoms with van der Waals surface area (Å²) < 4.78 is 6.48. The molecule has 1 amide bonds. The van der Waals surface area contributed by atoms with E-state index in [0.29, 0.717) is 5.56 Å². The van der Waals surface area contributed by atoms with Crippen LogP contribution in [0.1, 0.15) is 84.3 Å². The Bertz CT molecular complexity index is 1410. The molecule has 0 radical (unpaired) electrons. The largest absolute Gasteiger partial charge is 0.502 e. The molecular weight excluding hydrogens is 512 g/mol. The maximum Gasteiger partial charge on any atom is 0.353 e. The van der Waals surface area contributed by atoms with Gasteiger partial charge in [0, 0.05) is 42.2 Å². The predicted octanol–water partition coefficient (Wildman–Crippen LogP) is 8.74. The summed E-state index contributed by atoms with van der Waals surface area (Å²) in [5.74, 6) is 0.253. The van der Waals surface area contributed by atoms with E-state index >= 15 is 0 Å². The molecule has 4 rings (SSSR count). The number of hydrogen-bond donors (Lipinski definition) is 1. The van der Waals surface area contributed by atoms with Crippen molar-refractivity contribution in [3.8, 4) is 11.1 Å². The summed E-state index contributed by atoms with van der Waals surface area (Å²) >= 11 is 0. The highest BCUT2D eigenvalue weighted by Crippen LogP contribution is 2.38. The minimum atomic E-state index is -0.965. The van der Waals surface area contributed by atoms with Crippen LogP contribution in [0.25, 0.3) is 22.0 Å². The molecule has 0 spiro atoms. The van der Waals surface area contributed by atoms with E-state index in [-0.39, 0.29) is 22.9 Å². The molecule has 3 aromatic rings. The number of fused-ring (bicyclic) bond motifs is 1. The lowest BCUT2D eigenvalue weighted by Crippen LogP contribution is -2.27. The third-order valence-electron chi connectivity index (χ3n) is 7.38. The van der Waals surface area contributed by atoms with E-state index in [1.54, 1.807) is 30.7 Å². The molecule has 6 nitrogen and oxygen atoms in total. The maximum absolute atomic E-state index is 12.5. The van der Waals surface area contributed by atoms with Crippen molar-refractivity contribution in [1.29, 1.82) is 0 Å². The average Bonchev–Trinajstić information content (AvgIpc) is 3.75. The smallest absolute Gasteiger partial charge is 0.353 e. The third-order valence-corrected chi connectivity index (χ3v) is 7.38. The number of carboxylic acid groups (broad SMARTS) is 1. The molecule has 0 bridgehead atoms. The topological polar surface area (TPSA) is 71.8 Å². The molecule has 1 heterocycles. The molecule has 0 aliphatic heterocycles. The Morgan fingerprint density at radius 2 is 1.56 bits per heavy atom. The van der Waals surface area contributed by atoms with Gasteiger partial charge in [-0.3, -0.25) is 4.79 Å². The van der Waals surface area contributed by atoms with E-state index in [1.807, 2.05) is 57.2 Å². The molecule has 41 heavy (non-hydrogen) atoms. The Kier molecular flexibility index (Phi) is 11.6. The number of carboxylic acids is 1. The number of ether oxygens (including phenoxy) is 1. The average molecular weight is 561 g/mol. The van der Waals surface area contributed by atoms with Crippen molar-refractivity contribution >= 4 is 28.5 Å². The van der Waals surface area contributed by atoms with E-state index in [1.165, 1.54) is 11.1 Å². The number of hydrogen-bond acceptors (Lipinski definition) is 3. The summed E-state index contributed by atoms with van der Waals surface area (Å²) in [5.41, 5.74) is 6.01. The number of carbonyl (C=O) groups is 2. The van der Waals surface area contributed by atoms with Crippen molar-refractivity contribution in [3.63, 3.8) is 0 Å². The van der Waals surface area contributed by atoms with Gasteiger partial charge in [-0.2, -0.15) is 0 Å². The first-order chi connectivity index (χ1) is 19.2. The SMILES string of the molecule is C/C=C(\C)OC.CC=C(C)C.CN(C(=O)C1CC1)c1ccc2c(c1)c(-c1ccc(C(C)(C)C)cc1)c(C(=O)O)n2C. The molecule has 222 valence electrons. The summed E-state index contributed by atoms with van der Waals surface area (Å²) in [6.45, 7) is 16.5. The van der Waals surface area contributed by atoms with Gasteiger partial charge in [0.15, 0.2) is 0 Å². The van der Waals surface area contributed by atoms with Gasteiger partial charge in [-0.05, 0) is 82.2 Å². The van der Waals surface area contributed by atoms with Crippen molar-refractivity contribution in [2.75, 3.05) is 19.1 Å². The van der Waals surface area contributed by atoms with Crippen LogP contribution in [0.15, 0.2) is 65.9 Å². The van der Waals surface area contributed by atoms with E-state index < -0.39 is 5.97 Å². The Hall–Kier alpha value is -3.80. The van der Waals surface area contributed by atoms with Gasteiger partial charge in [0.25, 0.3) is 0 Å². The predicted molar refractivity (Wildman–Crippen MR) is 172 cm³/mol. The molecule has 1 saturated carbocycles. The molecule has 1 aromatic heterocycles. The maximum atomic E-state index is 12.5. The summed E-state index contributed by atoms with van der Waals surface area (Å²) in [5, 5.41) is 10.8. The number of aromatic nitrogens is 1. The third kappa shape index (κ3) is 8.59. The number of aryl methyl sites for hydroxylation is 1. The second-order valence-corrected chi connectivity index (χ2v) is 11.8. The number of benzene rings is 2. The van der Waals surface area contributed by atoms with Crippen molar-refractivity contribution in [2.45, 2.75) is 73.6 Å². The van der Waals surface area contributed by atoms with Crippen LogP contribution in [0.5, 0.6) is 0 Å². The van der Waals surface area contributed by atoms with E-state index in [2.05, 4.69) is 52.8 Å². The number of anilines is 1. The number of aromatic carboxylic acids is 1. The van der Waals surface area contributed by atoms with Crippen LogP contribution < -0.4 is 4.90 Å².